The highest BCUT2D eigenvalue weighted by Crippen LogP contribution is 2.44. The SMILES string of the molecule is Cc1c(CN2CCN(C(=O)OC(C)(C)C)CC2)cc(NC(=O)OCC2c3ccccc3-c3ccccc32)c(C)c1S(=O)(=O)F. The number of carbonyl (C=O) groups is 2. The van der Waals surface area contributed by atoms with Gasteiger partial charge in [0.25, 0.3) is 0 Å². The van der Waals surface area contributed by atoms with E-state index in [1.165, 1.54) is 6.92 Å². The molecule has 1 fully saturated rings. The third-order valence-electron chi connectivity index (χ3n) is 8.13. The molecule has 1 aliphatic carbocycles. The fourth-order valence-electron chi connectivity index (χ4n) is 6.00. The van der Waals surface area contributed by atoms with Crippen LogP contribution in [0, 0.1) is 13.8 Å². The summed E-state index contributed by atoms with van der Waals surface area (Å²) in [6.07, 6.45) is -1.15. The van der Waals surface area contributed by atoms with Crippen LogP contribution in [0.2, 0.25) is 0 Å². The van der Waals surface area contributed by atoms with Crippen molar-refractivity contribution in [2.45, 2.75) is 57.6 Å². The number of benzene rings is 3. The predicted octanol–water partition coefficient (Wildman–Crippen LogP) is 6.38. The number of halogens is 1. The zero-order valence-corrected chi connectivity index (χ0v) is 26.5. The van der Waals surface area contributed by atoms with E-state index in [2.05, 4.69) is 5.32 Å². The number of carbonyl (C=O) groups excluding carboxylic acids is 2. The Kier molecular flexibility index (Phi) is 8.73. The van der Waals surface area contributed by atoms with E-state index in [0.717, 1.165) is 22.3 Å². The second-order valence-corrected chi connectivity index (χ2v) is 13.6. The highest BCUT2D eigenvalue weighted by atomic mass is 32.3. The summed E-state index contributed by atoms with van der Waals surface area (Å²) < 4.78 is 50.2. The molecular weight excluding hydrogens is 585 g/mol. The fourth-order valence-corrected chi connectivity index (χ4v) is 6.97. The van der Waals surface area contributed by atoms with Crippen LogP contribution in [0.1, 0.15) is 54.5 Å². The molecule has 2 amide bonds. The van der Waals surface area contributed by atoms with Crippen LogP contribution in [0.4, 0.5) is 19.2 Å². The minimum absolute atomic E-state index is 0.0772. The minimum Gasteiger partial charge on any atom is -0.448 e. The zero-order valence-electron chi connectivity index (χ0n) is 25.6. The van der Waals surface area contributed by atoms with Gasteiger partial charge in [-0.05, 0) is 79.6 Å². The van der Waals surface area contributed by atoms with Gasteiger partial charge >= 0.3 is 22.4 Å². The van der Waals surface area contributed by atoms with Crippen LogP contribution in [0.25, 0.3) is 11.1 Å². The first-order chi connectivity index (χ1) is 20.7. The highest BCUT2D eigenvalue weighted by Gasteiger charge is 2.31. The Morgan fingerprint density at radius 2 is 1.50 bits per heavy atom. The van der Waals surface area contributed by atoms with E-state index in [1.807, 2.05) is 74.2 Å². The molecule has 1 aliphatic heterocycles. The number of fused-ring (bicyclic) bond motifs is 3. The Morgan fingerprint density at radius 1 is 0.932 bits per heavy atom. The summed E-state index contributed by atoms with van der Waals surface area (Å²) in [6.45, 7) is 10.7. The van der Waals surface area contributed by atoms with Gasteiger partial charge in [0.2, 0.25) is 0 Å². The fraction of sp³-hybridized carbons (Fsp3) is 0.394. The lowest BCUT2D eigenvalue weighted by atomic mass is 9.98. The molecule has 234 valence electrons. The van der Waals surface area contributed by atoms with E-state index >= 15 is 0 Å². The van der Waals surface area contributed by atoms with Crippen molar-refractivity contribution in [3.8, 4) is 11.1 Å². The van der Waals surface area contributed by atoms with Crippen molar-refractivity contribution in [2.75, 3.05) is 38.1 Å². The molecule has 3 aromatic rings. The zero-order chi connectivity index (χ0) is 31.8. The van der Waals surface area contributed by atoms with E-state index < -0.39 is 26.8 Å². The van der Waals surface area contributed by atoms with Gasteiger partial charge in [0.05, 0.1) is 0 Å². The Morgan fingerprint density at radius 3 is 2.05 bits per heavy atom. The number of hydrogen-bond donors (Lipinski definition) is 1. The summed E-state index contributed by atoms with van der Waals surface area (Å²) in [5.41, 5.74) is 4.80. The number of piperazine rings is 1. The third kappa shape index (κ3) is 6.73. The lowest BCUT2D eigenvalue weighted by Crippen LogP contribution is -2.49. The van der Waals surface area contributed by atoms with E-state index in [9.17, 15) is 21.9 Å². The third-order valence-corrected chi connectivity index (χ3v) is 9.23. The van der Waals surface area contributed by atoms with Gasteiger partial charge in [-0.1, -0.05) is 48.5 Å². The van der Waals surface area contributed by atoms with Gasteiger partial charge in [0, 0.05) is 44.3 Å². The Labute approximate surface area is 258 Å². The number of hydrogen-bond acceptors (Lipinski definition) is 7. The first kappa shape index (κ1) is 31.5. The molecule has 1 N–H and O–H groups in total. The molecule has 5 rings (SSSR count). The van der Waals surface area contributed by atoms with Crippen LogP contribution in [0.15, 0.2) is 59.5 Å². The van der Waals surface area contributed by atoms with Gasteiger partial charge in [-0.3, -0.25) is 10.2 Å². The number of anilines is 1. The molecular formula is C33H38FN3O6S. The summed E-state index contributed by atoms with van der Waals surface area (Å²) in [5.74, 6) is -0.149. The van der Waals surface area contributed by atoms with Crippen molar-refractivity contribution in [2.24, 2.45) is 0 Å². The largest absolute Gasteiger partial charge is 0.448 e. The monoisotopic (exact) mass is 623 g/mol. The van der Waals surface area contributed by atoms with Crippen LogP contribution < -0.4 is 5.32 Å². The molecule has 1 saturated heterocycles. The maximum absolute atomic E-state index is 14.6. The first-order valence-electron chi connectivity index (χ1n) is 14.6. The summed E-state index contributed by atoms with van der Waals surface area (Å²) in [5, 5.41) is 2.66. The van der Waals surface area contributed by atoms with Crippen LogP contribution in [0.5, 0.6) is 0 Å². The maximum Gasteiger partial charge on any atom is 0.411 e. The molecule has 0 aromatic heterocycles. The van der Waals surface area contributed by atoms with E-state index in [0.29, 0.717) is 38.3 Å². The Balaban J connectivity index is 1.31. The van der Waals surface area contributed by atoms with Gasteiger partial charge in [0.1, 0.15) is 17.1 Å². The van der Waals surface area contributed by atoms with Crippen molar-refractivity contribution in [3.05, 3.63) is 82.4 Å². The molecule has 44 heavy (non-hydrogen) atoms. The molecule has 11 heteroatoms. The quantitative estimate of drug-likeness (QED) is 0.318. The number of nitrogens with one attached hydrogen (secondary N) is 1. The molecule has 0 radical (unpaired) electrons. The average molecular weight is 624 g/mol. The molecule has 0 unspecified atom stereocenters. The second-order valence-electron chi connectivity index (χ2n) is 12.3. The Hall–Kier alpha value is -3.96. The molecule has 2 aliphatic rings. The molecule has 9 nitrogen and oxygen atoms in total. The van der Waals surface area contributed by atoms with E-state index in [4.69, 9.17) is 9.47 Å². The van der Waals surface area contributed by atoms with E-state index in [-0.39, 0.29) is 35.4 Å². The number of nitrogens with zero attached hydrogens (tertiary/aromatic N) is 2. The molecule has 1 heterocycles. The lowest BCUT2D eigenvalue weighted by Gasteiger charge is -2.36. The standard InChI is InChI=1S/C33H38FN3O6S/c1-21-23(19-36-14-16-37(17-15-36)32(39)43-33(3,4)5)18-29(22(2)30(21)44(34,40)41)35-31(38)42-20-28-26-12-8-6-10-24(26)25-11-7-9-13-27(25)28/h6-13,18,28H,14-17,19-20H2,1-5H3,(H,35,38). The van der Waals surface area contributed by atoms with Gasteiger partial charge < -0.3 is 14.4 Å². The summed E-state index contributed by atoms with van der Waals surface area (Å²) >= 11 is 0. The summed E-state index contributed by atoms with van der Waals surface area (Å²) in [6, 6.07) is 17.6. The molecule has 0 spiro atoms. The van der Waals surface area contributed by atoms with Crippen molar-refractivity contribution < 1.29 is 31.4 Å². The molecule has 0 saturated carbocycles. The second kappa shape index (κ2) is 12.2. The van der Waals surface area contributed by atoms with Crippen LogP contribution in [-0.2, 0) is 26.2 Å². The average Bonchev–Trinajstić information content (AvgIpc) is 3.27. The minimum atomic E-state index is -5.10. The number of amides is 2. The summed E-state index contributed by atoms with van der Waals surface area (Å²) in [4.78, 5) is 28.7. The van der Waals surface area contributed by atoms with Crippen molar-refractivity contribution >= 4 is 28.1 Å². The first-order valence-corrected chi connectivity index (χ1v) is 16.0. The van der Waals surface area contributed by atoms with Crippen LogP contribution >= 0.6 is 0 Å². The van der Waals surface area contributed by atoms with Crippen molar-refractivity contribution in [3.63, 3.8) is 0 Å². The van der Waals surface area contributed by atoms with Gasteiger partial charge in [-0.2, -0.15) is 8.42 Å². The maximum atomic E-state index is 14.6. The molecule has 3 aromatic carbocycles. The van der Waals surface area contributed by atoms with Crippen LogP contribution in [-0.4, -0.2) is 68.8 Å². The smallest absolute Gasteiger partial charge is 0.411 e. The molecule has 0 atom stereocenters. The number of rotatable bonds is 6. The Bertz CT molecular complexity index is 1650. The molecule has 0 bridgehead atoms. The topological polar surface area (TPSA) is 105 Å². The van der Waals surface area contributed by atoms with Crippen molar-refractivity contribution in [1.82, 2.24) is 9.80 Å². The summed E-state index contributed by atoms with van der Waals surface area (Å²) in [7, 11) is -5.10. The number of ether oxygens (including phenoxy) is 2. The van der Waals surface area contributed by atoms with Gasteiger partial charge in [-0.25, -0.2) is 9.59 Å². The van der Waals surface area contributed by atoms with Gasteiger partial charge in [-0.15, -0.1) is 3.89 Å². The van der Waals surface area contributed by atoms with Gasteiger partial charge in [0.15, 0.2) is 0 Å². The van der Waals surface area contributed by atoms with Crippen molar-refractivity contribution in [1.29, 1.82) is 0 Å². The highest BCUT2D eigenvalue weighted by molar-refractivity contribution is 7.86. The normalized spacial score (nSPS) is 15.5. The van der Waals surface area contributed by atoms with Crippen LogP contribution in [0.3, 0.4) is 0 Å². The van der Waals surface area contributed by atoms with E-state index in [1.54, 1.807) is 17.9 Å². The lowest BCUT2D eigenvalue weighted by molar-refractivity contribution is 0.0138. The predicted molar refractivity (Wildman–Crippen MR) is 166 cm³/mol.